The summed E-state index contributed by atoms with van der Waals surface area (Å²) in [5.74, 6) is 0. The Morgan fingerprint density at radius 3 is 2.35 bits per heavy atom. The lowest BCUT2D eigenvalue weighted by Crippen LogP contribution is -1.94. The molecule has 0 saturated carbocycles. The highest BCUT2D eigenvalue weighted by Gasteiger charge is 2.11. The molecule has 0 aliphatic carbocycles. The Bertz CT molecular complexity index is 957. The van der Waals surface area contributed by atoms with Crippen LogP contribution in [0.2, 0.25) is 0 Å². The minimum Gasteiger partial charge on any atom is -0.347 e. The SMILES string of the molecule is CCCCn1cc(-c2cccc3ccccc23)c2ccccc21. The van der Waals surface area contributed by atoms with E-state index in [1.165, 1.54) is 45.6 Å². The maximum atomic E-state index is 2.41. The standard InChI is InChI=1S/C22H21N/c1-2-3-15-23-16-21(20-12-6-7-14-22(20)23)19-13-8-10-17-9-4-5-11-18(17)19/h4-14,16H,2-3,15H2,1H3. The topological polar surface area (TPSA) is 4.93 Å². The van der Waals surface area contributed by atoms with Gasteiger partial charge in [0.1, 0.15) is 0 Å². The molecule has 3 aromatic carbocycles. The molecule has 114 valence electrons. The number of rotatable bonds is 4. The Morgan fingerprint density at radius 1 is 0.739 bits per heavy atom. The van der Waals surface area contributed by atoms with Crippen LogP contribution in [0.4, 0.5) is 0 Å². The molecule has 0 unspecified atom stereocenters. The highest BCUT2D eigenvalue weighted by atomic mass is 15.0. The first-order chi connectivity index (χ1) is 11.4. The summed E-state index contributed by atoms with van der Waals surface area (Å²) < 4.78 is 2.41. The zero-order valence-electron chi connectivity index (χ0n) is 13.5. The third-order valence-corrected chi connectivity index (χ3v) is 4.62. The molecule has 0 amide bonds. The van der Waals surface area contributed by atoms with E-state index in [1.807, 2.05) is 0 Å². The van der Waals surface area contributed by atoms with E-state index in [-0.39, 0.29) is 0 Å². The normalized spacial score (nSPS) is 11.3. The van der Waals surface area contributed by atoms with Crippen LogP contribution in [-0.4, -0.2) is 4.57 Å². The van der Waals surface area contributed by atoms with Gasteiger partial charge in [0, 0.05) is 29.2 Å². The lowest BCUT2D eigenvalue weighted by Gasteiger charge is -2.05. The number of para-hydroxylation sites is 1. The number of aryl methyl sites for hydroxylation is 1. The quantitative estimate of drug-likeness (QED) is 0.419. The van der Waals surface area contributed by atoms with Crippen molar-refractivity contribution in [2.45, 2.75) is 26.3 Å². The average molecular weight is 299 g/mol. The van der Waals surface area contributed by atoms with Gasteiger partial charge >= 0.3 is 0 Å². The van der Waals surface area contributed by atoms with E-state index in [9.17, 15) is 0 Å². The van der Waals surface area contributed by atoms with Crippen molar-refractivity contribution in [1.29, 1.82) is 0 Å². The van der Waals surface area contributed by atoms with Gasteiger partial charge in [-0.15, -0.1) is 0 Å². The minimum absolute atomic E-state index is 1.09. The Labute approximate surface area is 137 Å². The van der Waals surface area contributed by atoms with Gasteiger partial charge in [0.25, 0.3) is 0 Å². The molecule has 0 fully saturated rings. The van der Waals surface area contributed by atoms with Gasteiger partial charge in [-0.1, -0.05) is 74.0 Å². The lowest BCUT2D eigenvalue weighted by molar-refractivity contribution is 0.650. The summed E-state index contributed by atoms with van der Waals surface area (Å²) in [6.45, 7) is 3.33. The molecule has 0 atom stereocenters. The van der Waals surface area contributed by atoms with Crippen molar-refractivity contribution in [3.8, 4) is 11.1 Å². The second-order valence-electron chi connectivity index (χ2n) is 6.13. The van der Waals surface area contributed by atoms with Crippen LogP contribution in [-0.2, 0) is 6.54 Å². The highest BCUT2D eigenvalue weighted by molar-refractivity contribution is 6.05. The summed E-state index contributed by atoms with van der Waals surface area (Å²) in [4.78, 5) is 0. The van der Waals surface area contributed by atoms with Gasteiger partial charge in [-0.2, -0.15) is 0 Å². The Kier molecular flexibility index (Phi) is 3.63. The monoisotopic (exact) mass is 299 g/mol. The molecule has 1 aromatic heterocycles. The fraction of sp³-hybridized carbons (Fsp3) is 0.182. The van der Waals surface area contributed by atoms with Crippen molar-refractivity contribution >= 4 is 21.7 Å². The maximum absolute atomic E-state index is 2.41. The molecule has 4 rings (SSSR count). The van der Waals surface area contributed by atoms with Crippen LogP contribution < -0.4 is 0 Å². The van der Waals surface area contributed by atoms with E-state index in [1.54, 1.807) is 0 Å². The van der Waals surface area contributed by atoms with Crippen LogP contribution in [0.25, 0.3) is 32.8 Å². The molecule has 23 heavy (non-hydrogen) atoms. The van der Waals surface area contributed by atoms with Crippen LogP contribution in [0.1, 0.15) is 19.8 Å². The van der Waals surface area contributed by atoms with Crippen molar-refractivity contribution in [1.82, 2.24) is 4.57 Å². The van der Waals surface area contributed by atoms with Gasteiger partial charge in [-0.25, -0.2) is 0 Å². The van der Waals surface area contributed by atoms with E-state index in [0.717, 1.165) is 6.54 Å². The summed E-state index contributed by atoms with van der Waals surface area (Å²) in [5.41, 5.74) is 4.01. The molecule has 4 aromatic rings. The molecule has 0 saturated heterocycles. The molecule has 0 aliphatic heterocycles. The third kappa shape index (κ3) is 2.43. The highest BCUT2D eigenvalue weighted by Crippen LogP contribution is 2.35. The Balaban J connectivity index is 1.97. The molecule has 1 nitrogen and oxygen atoms in total. The van der Waals surface area contributed by atoms with Crippen molar-refractivity contribution in [3.05, 3.63) is 72.9 Å². The summed E-state index contributed by atoms with van der Waals surface area (Å²) in [6.07, 6.45) is 4.77. The van der Waals surface area contributed by atoms with Crippen molar-refractivity contribution in [2.24, 2.45) is 0 Å². The van der Waals surface area contributed by atoms with Gasteiger partial charge in [-0.05, 0) is 28.8 Å². The molecule has 0 spiro atoms. The van der Waals surface area contributed by atoms with Gasteiger partial charge < -0.3 is 4.57 Å². The second kappa shape index (κ2) is 5.92. The average Bonchev–Trinajstić information content (AvgIpc) is 2.98. The van der Waals surface area contributed by atoms with E-state index in [2.05, 4.69) is 84.4 Å². The predicted molar refractivity (Wildman–Crippen MR) is 99.8 cm³/mol. The van der Waals surface area contributed by atoms with Gasteiger partial charge in [-0.3, -0.25) is 0 Å². The summed E-state index contributed by atoms with van der Waals surface area (Å²) in [5, 5.41) is 3.98. The summed E-state index contributed by atoms with van der Waals surface area (Å²) in [7, 11) is 0. The fourth-order valence-corrected chi connectivity index (χ4v) is 3.44. The van der Waals surface area contributed by atoms with Crippen molar-refractivity contribution in [3.63, 3.8) is 0 Å². The number of unbranched alkanes of at least 4 members (excludes halogenated alkanes) is 1. The van der Waals surface area contributed by atoms with Crippen LogP contribution in [0.5, 0.6) is 0 Å². The molecule has 1 heterocycles. The number of benzene rings is 3. The van der Waals surface area contributed by atoms with E-state index in [4.69, 9.17) is 0 Å². The number of hydrogen-bond acceptors (Lipinski definition) is 0. The number of nitrogens with zero attached hydrogens (tertiary/aromatic N) is 1. The first-order valence-corrected chi connectivity index (χ1v) is 8.44. The molecular formula is C22H21N. The zero-order valence-corrected chi connectivity index (χ0v) is 13.5. The Hall–Kier alpha value is -2.54. The summed E-state index contributed by atoms with van der Waals surface area (Å²) in [6, 6.07) is 24.0. The van der Waals surface area contributed by atoms with Crippen LogP contribution >= 0.6 is 0 Å². The largest absolute Gasteiger partial charge is 0.347 e. The van der Waals surface area contributed by atoms with E-state index in [0.29, 0.717) is 0 Å². The smallest absolute Gasteiger partial charge is 0.0486 e. The lowest BCUT2D eigenvalue weighted by atomic mass is 9.98. The van der Waals surface area contributed by atoms with Crippen LogP contribution in [0, 0.1) is 0 Å². The molecule has 1 heteroatoms. The van der Waals surface area contributed by atoms with E-state index >= 15 is 0 Å². The van der Waals surface area contributed by atoms with Crippen LogP contribution in [0.3, 0.4) is 0 Å². The number of aromatic nitrogens is 1. The third-order valence-electron chi connectivity index (χ3n) is 4.62. The number of hydrogen-bond donors (Lipinski definition) is 0. The molecular weight excluding hydrogens is 278 g/mol. The first-order valence-electron chi connectivity index (χ1n) is 8.44. The van der Waals surface area contributed by atoms with E-state index < -0.39 is 0 Å². The fourth-order valence-electron chi connectivity index (χ4n) is 3.44. The maximum Gasteiger partial charge on any atom is 0.0486 e. The van der Waals surface area contributed by atoms with Gasteiger partial charge in [0.2, 0.25) is 0 Å². The van der Waals surface area contributed by atoms with Crippen molar-refractivity contribution in [2.75, 3.05) is 0 Å². The Morgan fingerprint density at radius 2 is 1.48 bits per heavy atom. The zero-order chi connectivity index (χ0) is 15.6. The predicted octanol–water partition coefficient (Wildman–Crippen LogP) is 6.26. The summed E-state index contributed by atoms with van der Waals surface area (Å²) >= 11 is 0. The second-order valence-corrected chi connectivity index (χ2v) is 6.13. The first kappa shape index (κ1) is 14.1. The molecule has 0 aliphatic rings. The van der Waals surface area contributed by atoms with Crippen molar-refractivity contribution < 1.29 is 0 Å². The molecule has 0 bridgehead atoms. The van der Waals surface area contributed by atoms with Crippen LogP contribution in [0.15, 0.2) is 72.9 Å². The van der Waals surface area contributed by atoms with Gasteiger partial charge in [0.05, 0.1) is 0 Å². The minimum atomic E-state index is 1.09. The molecule has 0 radical (unpaired) electrons. The number of fused-ring (bicyclic) bond motifs is 2. The molecule has 0 N–H and O–H groups in total. The van der Waals surface area contributed by atoms with Gasteiger partial charge in [0.15, 0.2) is 0 Å².